The van der Waals surface area contributed by atoms with Crippen LogP contribution < -0.4 is 4.90 Å². The lowest BCUT2D eigenvalue weighted by Crippen LogP contribution is -2.33. The molecule has 3 nitrogen and oxygen atoms in total. The second-order valence-electron chi connectivity index (χ2n) is 4.39. The van der Waals surface area contributed by atoms with Crippen molar-refractivity contribution in [2.24, 2.45) is 5.92 Å². The first-order valence-corrected chi connectivity index (χ1v) is 6.03. The predicted molar refractivity (Wildman–Crippen MR) is 68.0 cm³/mol. The highest BCUT2D eigenvalue weighted by Gasteiger charge is 2.39. The molecule has 90 valence electrons. The number of benzene rings is 1. The number of Topliss-reactive ketones (excluding diaryl/α,β-unsaturated/α-hetero) is 1. The highest BCUT2D eigenvalue weighted by Crippen LogP contribution is 2.40. The molecule has 0 saturated carbocycles. The fourth-order valence-corrected chi connectivity index (χ4v) is 2.39. The maximum Gasteiger partial charge on any atom is 0.299 e. The summed E-state index contributed by atoms with van der Waals surface area (Å²) < 4.78 is 0. The second-order valence-corrected chi connectivity index (χ2v) is 5.21. The van der Waals surface area contributed by atoms with Crippen molar-refractivity contribution < 1.29 is 9.59 Å². The Bertz CT molecular complexity index is 511. The summed E-state index contributed by atoms with van der Waals surface area (Å²) in [7, 11) is 0. The minimum atomic E-state index is -0.576. The Kier molecular flexibility index (Phi) is 3.15. The molecule has 1 amide bonds. The van der Waals surface area contributed by atoms with Crippen LogP contribution in [0.15, 0.2) is 12.1 Å². The smallest absolute Gasteiger partial charge is 0.299 e. The van der Waals surface area contributed by atoms with Crippen molar-refractivity contribution in [2.45, 2.75) is 13.8 Å². The minimum Gasteiger partial charge on any atom is -0.303 e. The van der Waals surface area contributed by atoms with Gasteiger partial charge in [-0.05, 0) is 18.1 Å². The summed E-state index contributed by atoms with van der Waals surface area (Å²) in [6, 6.07) is 3.13. The van der Waals surface area contributed by atoms with Crippen molar-refractivity contribution >= 4 is 40.6 Å². The van der Waals surface area contributed by atoms with Gasteiger partial charge in [0, 0.05) is 6.54 Å². The molecule has 0 aliphatic carbocycles. The van der Waals surface area contributed by atoms with Gasteiger partial charge in [-0.2, -0.15) is 0 Å². The number of fused-ring (bicyclic) bond motifs is 1. The average Bonchev–Trinajstić information content (AvgIpc) is 2.49. The van der Waals surface area contributed by atoms with Crippen molar-refractivity contribution in [2.75, 3.05) is 11.4 Å². The highest BCUT2D eigenvalue weighted by atomic mass is 35.5. The van der Waals surface area contributed by atoms with Crippen LogP contribution in [0.3, 0.4) is 0 Å². The summed E-state index contributed by atoms with van der Waals surface area (Å²) in [6.07, 6.45) is 0. The first-order chi connectivity index (χ1) is 7.93. The van der Waals surface area contributed by atoms with Crippen LogP contribution in [-0.2, 0) is 4.79 Å². The minimum absolute atomic E-state index is 0.227. The fourth-order valence-electron chi connectivity index (χ4n) is 1.89. The summed E-state index contributed by atoms with van der Waals surface area (Å²) in [4.78, 5) is 25.1. The summed E-state index contributed by atoms with van der Waals surface area (Å²) in [5, 5.41) is 0.651. The zero-order valence-corrected chi connectivity index (χ0v) is 11.0. The summed E-state index contributed by atoms with van der Waals surface area (Å²) in [5.74, 6) is -0.885. The number of hydrogen-bond acceptors (Lipinski definition) is 2. The quantitative estimate of drug-likeness (QED) is 0.775. The van der Waals surface area contributed by atoms with Gasteiger partial charge >= 0.3 is 0 Å². The molecule has 0 bridgehead atoms. The normalized spacial score (nSPS) is 14.8. The van der Waals surface area contributed by atoms with Crippen LogP contribution >= 0.6 is 23.2 Å². The van der Waals surface area contributed by atoms with E-state index in [4.69, 9.17) is 23.2 Å². The Balaban J connectivity index is 2.59. The third-order valence-corrected chi connectivity index (χ3v) is 3.18. The second kappa shape index (κ2) is 4.31. The molecule has 0 spiro atoms. The average molecular weight is 272 g/mol. The van der Waals surface area contributed by atoms with Gasteiger partial charge in [-0.3, -0.25) is 9.59 Å². The Morgan fingerprint density at radius 1 is 1.18 bits per heavy atom. The summed E-state index contributed by atoms with van der Waals surface area (Å²) >= 11 is 12.0. The maximum atomic E-state index is 11.9. The SMILES string of the molecule is CC(C)CN1C(=O)C(=O)c2c(Cl)ccc(Cl)c21. The number of halogens is 2. The number of amides is 1. The van der Waals surface area contributed by atoms with Gasteiger partial charge in [0.2, 0.25) is 0 Å². The first kappa shape index (κ1) is 12.4. The van der Waals surface area contributed by atoms with E-state index >= 15 is 0 Å². The van der Waals surface area contributed by atoms with E-state index in [1.54, 1.807) is 6.07 Å². The molecule has 0 radical (unpaired) electrons. The number of hydrogen-bond donors (Lipinski definition) is 0. The van der Waals surface area contributed by atoms with E-state index in [9.17, 15) is 9.59 Å². The molecule has 1 aromatic rings. The molecule has 1 aliphatic rings. The molecular weight excluding hydrogens is 261 g/mol. The van der Waals surface area contributed by atoms with Crippen LogP contribution in [0.25, 0.3) is 0 Å². The largest absolute Gasteiger partial charge is 0.303 e. The van der Waals surface area contributed by atoms with Gasteiger partial charge in [0.25, 0.3) is 11.7 Å². The monoisotopic (exact) mass is 271 g/mol. The molecule has 1 aliphatic heterocycles. The number of rotatable bonds is 2. The topological polar surface area (TPSA) is 37.4 Å². The third kappa shape index (κ3) is 1.94. The van der Waals surface area contributed by atoms with E-state index < -0.39 is 11.7 Å². The molecule has 0 atom stereocenters. The van der Waals surface area contributed by atoms with E-state index in [1.807, 2.05) is 13.8 Å². The number of carbonyl (C=O) groups excluding carboxylic acids is 2. The molecule has 17 heavy (non-hydrogen) atoms. The Morgan fingerprint density at radius 3 is 2.35 bits per heavy atom. The van der Waals surface area contributed by atoms with Crippen molar-refractivity contribution in [3.63, 3.8) is 0 Å². The van der Waals surface area contributed by atoms with Gasteiger partial charge in [0.15, 0.2) is 0 Å². The van der Waals surface area contributed by atoms with Crippen molar-refractivity contribution in [3.05, 3.63) is 27.7 Å². The van der Waals surface area contributed by atoms with Crippen LogP contribution in [0, 0.1) is 5.92 Å². The highest BCUT2D eigenvalue weighted by molar-refractivity contribution is 6.56. The number of carbonyl (C=O) groups is 2. The van der Waals surface area contributed by atoms with Crippen LogP contribution in [0.5, 0.6) is 0 Å². The zero-order chi connectivity index (χ0) is 12.7. The van der Waals surface area contributed by atoms with Crippen LogP contribution in [0.4, 0.5) is 5.69 Å². The zero-order valence-electron chi connectivity index (χ0n) is 9.46. The van der Waals surface area contributed by atoms with Gasteiger partial charge in [-0.1, -0.05) is 37.0 Å². The maximum absolute atomic E-state index is 11.9. The van der Waals surface area contributed by atoms with E-state index in [1.165, 1.54) is 11.0 Å². The number of nitrogens with zero attached hydrogens (tertiary/aromatic N) is 1. The first-order valence-electron chi connectivity index (χ1n) is 5.27. The lowest BCUT2D eigenvalue weighted by molar-refractivity contribution is -0.114. The molecule has 1 heterocycles. The number of anilines is 1. The fraction of sp³-hybridized carbons (Fsp3) is 0.333. The Labute approximate surface area is 109 Å². The molecule has 2 rings (SSSR count). The molecule has 1 aromatic carbocycles. The van der Waals surface area contributed by atoms with Gasteiger partial charge in [0.05, 0.1) is 21.3 Å². The van der Waals surface area contributed by atoms with E-state index in [-0.39, 0.29) is 16.5 Å². The molecule has 0 unspecified atom stereocenters. The predicted octanol–water partition coefficient (Wildman–Crippen LogP) is 3.18. The van der Waals surface area contributed by atoms with Gasteiger partial charge in [-0.25, -0.2) is 0 Å². The Hall–Kier alpha value is -1.06. The van der Waals surface area contributed by atoms with Gasteiger partial charge in [0.1, 0.15) is 0 Å². The van der Waals surface area contributed by atoms with Crippen molar-refractivity contribution in [1.82, 2.24) is 0 Å². The number of ketones is 1. The Morgan fingerprint density at radius 2 is 1.76 bits per heavy atom. The summed E-state index contributed by atoms with van der Waals surface area (Å²) in [5.41, 5.74) is 0.674. The molecule has 0 saturated heterocycles. The van der Waals surface area contributed by atoms with Crippen molar-refractivity contribution in [3.8, 4) is 0 Å². The van der Waals surface area contributed by atoms with Crippen molar-refractivity contribution in [1.29, 1.82) is 0 Å². The van der Waals surface area contributed by atoms with Gasteiger partial charge in [-0.15, -0.1) is 0 Å². The molecule has 0 aromatic heterocycles. The lowest BCUT2D eigenvalue weighted by atomic mass is 10.1. The van der Waals surface area contributed by atoms with Crippen LogP contribution in [0.1, 0.15) is 24.2 Å². The van der Waals surface area contributed by atoms with Gasteiger partial charge < -0.3 is 4.90 Å². The third-order valence-electron chi connectivity index (χ3n) is 2.56. The molecular formula is C12H11Cl2NO2. The summed E-state index contributed by atoms with van der Waals surface area (Å²) in [6.45, 7) is 4.39. The lowest BCUT2D eigenvalue weighted by Gasteiger charge is -2.19. The molecule has 0 fully saturated rings. The molecule has 0 N–H and O–H groups in total. The van der Waals surface area contributed by atoms with E-state index in [2.05, 4.69) is 0 Å². The van der Waals surface area contributed by atoms with E-state index in [0.717, 1.165) is 0 Å². The molecule has 5 heteroatoms. The van der Waals surface area contributed by atoms with E-state index in [0.29, 0.717) is 17.3 Å². The van der Waals surface area contributed by atoms with Crippen LogP contribution in [0.2, 0.25) is 10.0 Å². The standard InChI is InChI=1S/C12H11Cl2NO2/c1-6(2)5-15-10-8(14)4-3-7(13)9(10)11(16)12(15)17/h3-4,6H,5H2,1-2H3. The van der Waals surface area contributed by atoms with Crippen LogP contribution in [-0.4, -0.2) is 18.2 Å².